The van der Waals surface area contributed by atoms with E-state index in [-0.39, 0.29) is 5.91 Å². The van der Waals surface area contributed by atoms with Gasteiger partial charge >= 0.3 is 0 Å². The van der Waals surface area contributed by atoms with E-state index < -0.39 is 0 Å². The zero-order valence-electron chi connectivity index (χ0n) is 13.8. The van der Waals surface area contributed by atoms with Crippen LogP contribution in [0.1, 0.15) is 17.8 Å². The maximum absolute atomic E-state index is 12.1. The molecule has 7 nitrogen and oxygen atoms in total. The van der Waals surface area contributed by atoms with Crippen LogP contribution in [0, 0.1) is 0 Å². The van der Waals surface area contributed by atoms with E-state index in [9.17, 15) is 4.79 Å². The topological polar surface area (TPSA) is 85.1 Å². The van der Waals surface area contributed by atoms with Crippen molar-refractivity contribution in [3.05, 3.63) is 52.9 Å². The van der Waals surface area contributed by atoms with Crippen molar-refractivity contribution in [2.45, 2.75) is 19.3 Å². The molecule has 0 saturated heterocycles. The van der Waals surface area contributed by atoms with E-state index in [0.717, 1.165) is 33.5 Å². The summed E-state index contributed by atoms with van der Waals surface area (Å²) in [6.45, 7) is 0.584. The maximum Gasteiger partial charge on any atom is 0.220 e. The number of aromatic nitrogens is 5. The number of hydrogen-bond donors (Lipinski definition) is 1. The summed E-state index contributed by atoms with van der Waals surface area (Å²) in [5.41, 5.74) is 2.85. The van der Waals surface area contributed by atoms with E-state index >= 15 is 0 Å². The second-order valence-corrected chi connectivity index (χ2v) is 7.34. The van der Waals surface area contributed by atoms with Crippen LogP contribution in [0.4, 0.5) is 0 Å². The first-order valence-electron chi connectivity index (χ1n) is 8.18. The van der Waals surface area contributed by atoms with Gasteiger partial charge in [0.25, 0.3) is 0 Å². The average molecular weight is 384 g/mol. The molecule has 4 heterocycles. The molecule has 1 N–H and O–H groups in total. The first-order valence-corrected chi connectivity index (χ1v) is 9.94. The minimum atomic E-state index is 0.0300. The Morgan fingerprint density at radius 2 is 2.12 bits per heavy atom. The number of pyridine rings is 1. The summed E-state index contributed by atoms with van der Waals surface area (Å²) >= 11 is 3.10. The van der Waals surface area contributed by atoms with Crippen molar-refractivity contribution in [3.63, 3.8) is 0 Å². The monoisotopic (exact) mass is 384 g/mol. The summed E-state index contributed by atoms with van der Waals surface area (Å²) in [6.07, 6.45) is 5.08. The van der Waals surface area contributed by atoms with Gasteiger partial charge in [0.15, 0.2) is 0 Å². The van der Waals surface area contributed by atoms with Gasteiger partial charge in [-0.05, 0) is 18.6 Å². The zero-order chi connectivity index (χ0) is 17.8. The number of aryl methyl sites for hydroxylation is 1. The first kappa shape index (κ1) is 16.8. The molecular formula is C17H16N6OS2. The lowest BCUT2D eigenvalue weighted by Crippen LogP contribution is -2.26. The molecule has 4 rings (SSSR count). The van der Waals surface area contributed by atoms with Crippen molar-refractivity contribution >= 4 is 33.5 Å². The summed E-state index contributed by atoms with van der Waals surface area (Å²) in [5.74, 6) is 0.0300. The Morgan fingerprint density at radius 1 is 1.15 bits per heavy atom. The van der Waals surface area contributed by atoms with Gasteiger partial charge in [0, 0.05) is 36.3 Å². The molecule has 0 aromatic carbocycles. The van der Waals surface area contributed by atoms with Crippen molar-refractivity contribution in [2.24, 2.45) is 0 Å². The van der Waals surface area contributed by atoms with Crippen LogP contribution in [0.2, 0.25) is 0 Å². The smallest absolute Gasteiger partial charge is 0.220 e. The van der Waals surface area contributed by atoms with Gasteiger partial charge < -0.3 is 5.32 Å². The van der Waals surface area contributed by atoms with E-state index in [1.165, 1.54) is 0 Å². The normalized spacial score (nSPS) is 11.1. The van der Waals surface area contributed by atoms with Crippen LogP contribution in [-0.2, 0) is 17.6 Å². The third-order valence-electron chi connectivity index (χ3n) is 3.84. The molecule has 0 saturated carbocycles. The summed E-state index contributed by atoms with van der Waals surface area (Å²) in [6, 6.07) is 5.76. The molecular weight excluding hydrogens is 368 g/mol. The van der Waals surface area contributed by atoms with Gasteiger partial charge in [0.2, 0.25) is 10.9 Å². The second-order valence-electron chi connectivity index (χ2n) is 5.64. The van der Waals surface area contributed by atoms with Crippen LogP contribution in [-0.4, -0.2) is 37.0 Å². The third kappa shape index (κ3) is 3.78. The lowest BCUT2D eigenvalue weighted by Gasteiger charge is -2.03. The number of rotatable bonds is 7. The number of hydrogen-bond acceptors (Lipinski definition) is 7. The second kappa shape index (κ2) is 7.71. The fourth-order valence-electron chi connectivity index (χ4n) is 2.53. The van der Waals surface area contributed by atoms with E-state index in [1.807, 2.05) is 33.5 Å². The van der Waals surface area contributed by atoms with E-state index in [2.05, 4.69) is 25.4 Å². The molecule has 1 amide bonds. The van der Waals surface area contributed by atoms with Crippen LogP contribution in [0.25, 0.3) is 15.7 Å². The Morgan fingerprint density at radius 3 is 3.00 bits per heavy atom. The maximum atomic E-state index is 12.1. The van der Waals surface area contributed by atoms with E-state index in [4.69, 9.17) is 0 Å². The van der Waals surface area contributed by atoms with Crippen LogP contribution in [0.15, 0.2) is 41.5 Å². The van der Waals surface area contributed by atoms with Gasteiger partial charge in [-0.25, -0.2) is 14.5 Å². The van der Waals surface area contributed by atoms with Gasteiger partial charge in [-0.3, -0.25) is 9.78 Å². The molecule has 0 aliphatic heterocycles. The number of nitrogens with one attached hydrogen (secondary N) is 1. The van der Waals surface area contributed by atoms with Crippen molar-refractivity contribution in [2.75, 3.05) is 6.54 Å². The summed E-state index contributed by atoms with van der Waals surface area (Å²) in [4.78, 5) is 25.9. The van der Waals surface area contributed by atoms with Crippen LogP contribution in [0.3, 0.4) is 0 Å². The highest BCUT2D eigenvalue weighted by Crippen LogP contribution is 2.21. The Kier molecular flexibility index (Phi) is 4.98. The molecule has 0 atom stereocenters. The third-order valence-corrected chi connectivity index (χ3v) is 5.63. The molecule has 26 heavy (non-hydrogen) atoms. The minimum Gasteiger partial charge on any atom is -0.356 e. The van der Waals surface area contributed by atoms with Gasteiger partial charge in [0.1, 0.15) is 11.3 Å². The average Bonchev–Trinajstić information content (AvgIpc) is 3.39. The van der Waals surface area contributed by atoms with Gasteiger partial charge in [-0.15, -0.1) is 22.7 Å². The number of carbonyl (C=O) groups is 1. The lowest BCUT2D eigenvalue weighted by atomic mass is 10.2. The molecule has 9 heteroatoms. The number of nitrogens with zero attached hydrogens (tertiary/aromatic N) is 5. The summed E-state index contributed by atoms with van der Waals surface area (Å²) in [5, 5.41) is 12.0. The highest BCUT2D eigenvalue weighted by Gasteiger charge is 2.09. The van der Waals surface area contributed by atoms with Crippen LogP contribution >= 0.6 is 22.7 Å². The first-order chi connectivity index (χ1) is 12.8. The predicted molar refractivity (Wildman–Crippen MR) is 101 cm³/mol. The fourth-order valence-corrected chi connectivity index (χ4v) is 4.19. The predicted octanol–water partition coefficient (Wildman–Crippen LogP) is 2.60. The number of thiazole rings is 2. The van der Waals surface area contributed by atoms with Crippen molar-refractivity contribution in [1.82, 2.24) is 29.9 Å². The Labute approximate surface area is 157 Å². The lowest BCUT2D eigenvalue weighted by molar-refractivity contribution is -0.121. The molecule has 0 aliphatic carbocycles. The molecule has 0 radical (unpaired) electrons. The number of carbonyl (C=O) groups excluding carboxylic acids is 1. The summed E-state index contributed by atoms with van der Waals surface area (Å²) < 4.78 is 1.81. The van der Waals surface area contributed by atoms with Crippen molar-refractivity contribution in [3.8, 4) is 10.7 Å². The van der Waals surface area contributed by atoms with Crippen LogP contribution < -0.4 is 5.32 Å². The molecule has 0 bridgehead atoms. The van der Waals surface area contributed by atoms with Crippen molar-refractivity contribution < 1.29 is 4.79 Å². The fraction of sp³-hybridized carbons (Fsp3) is 0.235. The molecule has 0 aliphatic rings. The highest BCUT2D eigenvalue weighted by atomic mass is 32.1. The van der Waals surface area contributed by atoms with Crippen molar-refractivity contribution in [1.29, 1.82) is 0 Å². The quantitative estimate of drug-likeness (QED) is 0.529. The minimum absolute atomic E-state index is 0.0300. The molecule has 0 fully saturated rings. The molecule has 0 spiro atoms. The molecule has 0 unspecified atom stereocenters. The molecule has 132 valence electrons. The Balaban J connectivity index is 1.24. The summed E-state index contributed by atoms with van der Waals surface area (Å²) in [7, 11) is 0. The van der Waals surface area contributed by atoms with E-state index in [0.29, 0.717) is 19.4 Å². The zero-order valence-corrected chi connectivity index (χ0v) is 15.5. The largest absolute Gasteiger partial charge is 0.356 e. The van der Waals surface area contributed by atoms with Gasteiger partial charge in [0.05, 0.1) is 17.1 Å². The van der Waals surface area contributed by atoms with Gasteiger partial charge in [-0.2, -0.15) is 5.10 Å². The van der Waals surface area contributed by atoms with Gasteiger partial charge in [-0.1, -0.05) is 6.07 Å². The van der Waals surface area contributed by atoms with Crippen LogP contribution in [0.5, 0.6) is 0 Å². The number of fused-ring (bicyclic) bond motifs is 1. The standard InChI is InChI=1S/C17H16N6OS2/c24-15(19-8-6-13-10-26-17-20-11-21-23(13)17)5-4-12-9-25-16(22-12)14-3-1-2-7-18-14/h1-3,7,9-11H,4-6,8H2,(H,19,24). The molecule has 4 aromatic heterocycles. The Hall–Kier alpha value is -2.65. The number of amides is 1. The van der Waals surface area contributed by atoms with E-state index in [1.54, 1.807) is 35.2 Å². The highest BCUT2D eigenvalue weighted by molar-refractivity contribution is 7.15. The Bertz CT molecular complexity index is 1010. The molecule has 4 aromatic rings. The SMILES string of the molecule is O=C(CCc1csc(-c2ccccn2)n1)NCCc1csc2ncnn12.